The maximum absolute atomic E-state index is 12.2. The number of hydrogen-bond acceptors (Lipinski definition) is 9. The van der Waals surface area contributed by atoms with Gasteiger partial charge < -0.3 is 19.3 Å². The predicted molar refractivity (Wildman–Crippen MR) is 186 cm³/mol. The second-order valence-corrected chi connectivity index (χ2v) is 14.0. The highest BCUT2D eigenvalue weighted by Crippen LogP contribution is 2.40. The third-order valence-corrected chi connectivity index (χ3v) is 10.5. The number of nitriles is 1. The van der Waals surface area contributed by atoms with Gasteiger partial charge in [-0.1, -0.05) is 48.5 Å². The van der Waals surface area contributed by atoms with E-state index in [-0.39, 0.29) is 18.2 Å². The first-order valence-corrected chi connectivity index (χ1v) is 17.7. The van der Waals surface area contributed by atoms with Crippen LogP contribution in [0.3, 0.4) is 0 Å². The smallest absolute Gasteiger partial charge is 0.330 e. The van der Waals surface area contributed by atoms with E-state index in [1.807, 2.05) is 38.4 Å². The number of aliphatic hydroxyl groups excluding tert-OH is 1. The molecule has 1 unspecified atom stereocenters. The quantitative estimate of drug-likeness (QED) is 0.100. The molecule has 1 aliphatic heterocycles. The van der Waals surface area contributed by atoms with E-state index in [1.165, 1.54) is 37.9 Å². The van der Waals surface area contributed by atoms with E-state index in [0.717, 1.165) is 5.75 Å². The van der Waals surface area contributed by atoms with E-state index in [1.54, 1.807) is 18.7 Å². The Morgan fingerprint density at radius 1 is 1.11 bits per heavy atom. The summed E-state index contributed by atoms with van der Waals surface area (Å²) in [6.07, 6.45) is 0.492. The van der Waals surface area contributed by atoms with E-state index in [2.05, 4.69) is 59.6 Å². The first-order valence-electron chi connectivity index (χ1n) is 15.4. The van der Waals surface area contributed by atoms with Gasteiger partial charge in [-0.3, -0.25) is 14.3 Å². The number of nitrogens with zero attached hydrogens (tertiary/aromatic N) is 3. The number of fused-ring (bicyclic) bond motifs is 2. The van der Waals surface area contributed by atoms with Crippen LogP contribution in [0.1, 0.15) is 57.9 Å². The maximum Gasteiger partial charge on any atom is 0.330 e. The molecule has 0 bridgehead atoms. The van der Waals surface area contributed by atoms with E-state index >= 15 is 0 Å². The van der Waals surface area contributed by atoms with Crippen LogP contribution in [0, 0.1) is 18.3 Å². The number of aromatic amines is 1. The fraction of sp³-hybridized carbons (Fsp3) is 0.441. The lowest BCUT2D eigenvalue weighted by molar-refractivity contribution is -0.00765. The molecule has 1 aromatic heterocycles. The van der Waals surface area contributed by atoms with Crippen LogP contribution in [0.25, 0.3) is 21.5 Å². The second kappa shape index (κ2) is 16.7. The number of aliphatic hydroxyl groups is 1. The monoisotopic (exact) mass is 666 g/mol. The number of benzene rings is 3. The highest BCUT2D eigenvalue weighted by atomic mass is 32.2. The van der Waals surface area contributed by atoms with Crippen molar-refractivity contribution >= 4 is 41.8 Å². The summed E-state index contributed by atoms with van der Waals surface area (Å²) in [4.78, 5) is 35.8. The maximum atomic E-state index is 12.2. The van der Waals surface area contributed by atoms with Crippen LogP contribution in [0.15, 0.2) is 70.4 Å². The normalized spacial score (nSPS) is 18.7. The zero-order valence-electron chi connectivity index (χ0n) is 26.9. The zero-order chi connectivity index (χ0) is 33.4. The minimum absolute atomic E-state index is 0.244. The van der Waals surface area contributed by atoms with Gasteiger partial charge in [0.2, 0.25) is 0 Å². The zero-order valence-corrected chi connectivity index (χ0v) is 28.6. The standard InChI is InChI=1S/C25H24N2O4S.C9H19N2O2P/c1-15-12-27(25(30)26-24(15)29)23-11-21(28)22(31-23)14-32-13-20-18-8-4-2-6-16(18)10-17-7-3-5-9-19(17)20;1-8(2)11(9(3)4)14(12)13-7-5-6-10/h2-10,12,21-23,28H,11,13-14H2,1H3,(H,26,29,30);8-9,12H,5,7H2,1-4H3/t21-,22+,23+;/m0./s1. The molecule has 46 heavy (non-hydrogen) atoms. The van der Waals surface area contributed by atoms with Gasteiger partial charge in [-0.25, -0.2) is 9.46 Å². The Labute approximate surface area is 274 Å². The van der Waals surface area contributed by atoms with Crippen LogP contribution >= 0.6 is 20.3 Å². The van der Waals surface area contributed by atoms with Crippen LogP contribution in [0.5, 0.6) is 0 Å². The molecule has 12 heteroatoms. The van der Waals surface area contributed by atoms with Gasteiger partial charge in [-0.05, 0) is 67.8 Å². The van der Waals surface area contributed by atoms with E-state index in [0.29, 0.717) is 30.8 Å². The minimum atomic E-state index is -1.55. The summed E-state index contributed by atoms with van der Waals surface area (Å²) in [5, 5.41) is 23.8. The van der Waals surface area contributed by atoms with Crippen molar-refractivity contribution in [2.75, 3.05) is 12.4 Å². The number of nitrogens with one attached hydrogen (secondary N) is 1. The van der Waals surface area contributed by atoms with Crippen LogP contribution in [0.2, 0.25) is 0 Å². The molecule has 1 aliphatic rings. The molecule has 0 amide bonds. The van der Waals surface area contributed by atoms with Crippen LogP contribution in [-0.4, -0.2) is 60.9 Å². The Balaban J connectivity index is 0.000000292. The highest BCUT2D eigenvalue weighted by molar-refractivity contribution is 7.98. The molecular formula is C34H43N4O6PS. The van der Waals surface area contributed by atoms with Gasteiger partial charge >= 0.3 is 5.69 Å². The van der Waals surface area contributed by atoms with Gasteiger partial charge in [-0.15, -0.1) is 0 Å². The van der Waals surface area contributed by atoms with Gasteiger partial charge in [0.1, 0.15) is 6.23 Å². The number of H-pyrrole nitrogens is 1. The van der Waals surface area contributed by atoms with Crippen molar-refractivity contribution in [3.05, 3.63) is 92.8 Å². The molecule has 3 aromatic carbocycles. The number of ether oxygens (including phenoxy) is 1. The molecule has 0 aliphatic carbocycles. The van der Waals surface area contributed by atoms with Gasteiger partial charge in [-0.2, -0.15) is 17.0 Å². The van der Waals surface area contributed by atoms with Gasteiger partial charge in [0.05, 0.1) is 31.3 Å². The summed E-state index contributed by atoms with van der Waals surface area (Å²) in [5.74, 6) is 1.39. The molecule has 1 saturated heterocycles. The van der Waals surface area contributed by atoms with Crippen molar-refractivity contribution in [2.24, 2.45) is 0 Å². The average molecular weight is 667 g/mol. The third-order valence-electron chi connectivity index (χ3n) is 7.75. The number of hydrogen-bond donors (Lipinski definition) is 3. The minimum Gasteiger partial charge on any atom is -0.390 e. The largest absolute Gasteiger partial charge is 0.390 e. The molecule has 5 rings (SSSR count). The lowest BCUT2D eigenvalue weighted by atomic mass is 9.98. The van der Waals surface area contributed by atoms with E-state index < -0.39 is 32.1 Å². The Hall–Kier alpha value is -3.07. The number of thioether (sulfide) groups is 1. The molecule has 4 aromatic rings. The van der Waals surface area contributed by atoms with Crippen molar-refractivity contribution < 1.29 is 19.3 Å². The second-order valence-electron chi connectivity index (χ2n) is 11.8. The molecule has 3 N–H and O–H groups in total. The van der Waals surface area contributed by atoms with Gasteiger partial charge in [0, 0.05) is 41.8 Å². The molecule has 246 valence electrons. The fourth-order valence-corrected chi connectivity index (χ4v) is 7.95. The Kier molecular flexibility index (Phi) is 13.0. The molecule has 0 spiro atoms. The van der Waals surface area contributed by atoms with Gasteiger partial charge in [0.15, 0.2) is 0 Å². The van der Waals surface area contributed by atoms with Crippen LogP contribution in [-0.2, 0) is 15.0 Å². The molecule has 2 heterocycles. The predicted octanol–water partition coefficient (Wildman–Crippen LogP) is 5.99. The highest BCUT2D eigenvalue weighted by Gasteiger charge is 2.35. The Morgan fingerprint density at radius 2 is 1.72 bits per heavy atom. The van der Waals surface area contributed by atoms with Crippen molar-refractivity contribution in [1.29, 1.82) is 5.26 Å². The Morgan fingerprint density at radius 3 is 2.30 bits per heavy atom. The summed E-state index contributed by atoms with van der Waals surface area (Å²) in [5.41, 5.74) is 0.788. The van der Waals surface area contributed by atoms with E-state index in [9.17, 15) is 19.6 Å². The lowest BCUT2D eigenvalue weighted by Gasteiger charge is -2.32. The SMILES string of the molecule is CC(C)N(C(C)C)P(O)OCCC#N.Cc1cn([C@H]2C[C@H](O)[C@@H](CSCc3c4ccccc4cc4ccccc34)O2)c(=O)[nH]c1=O. The lowest BCUT2D eigenvalue weighted by Crippen LogP contribution is -2.33. The molecule has 0 saturated carbocycles. The van der Waals surface area contributed by atoms with Crippen molar-refractivity contribution in [3.63, 3.8) is 0 Å². The van der Waals surface area contributed by atoms with Gasteiger partial charge in [0.25, 0.3) is 14.1 Å². The first-order chi connectivity index (χ1) is 22.0. The molecule has 4 atom stereocenters. The van der Waals surface area contributed by atoms with Crippen molar-refractivity contribution in [1.82, 2.24) is 14.2 Å². The topological polar surface area (TPSA) is 141 Å². The number of aryl methyl sites for hydroxylation is 1. The molecule has 1 fully saturated rings. The summed E-state index contributed by atoms with van der Waals surface area (Å²) < 4.78 is 14.5. The Bertz CT molecular complexity index is 1710. The summed E-state index contributed by atoms with van der Waals surface area (Å²) in [6, 6.07) is 21.5. The number of rotatable bonds is 11. The van der Waals surface area contributed by atoms with Crippen molar-refractivity contribution in [2.45, 2.75) is 83.7 Å². The van der Waals surface area contributed by atoms with Crippen molar-refractivity contribution in [3.8, 4) is 6.07 Å². The molecule has 0 radical (unpaired) electrons. The molecule has 10 nitrogen and oxygen atoms in total. The van der Waals surface area contributed by atoms with E-state index in [4.69, 9.17) is 14.5 Å². The third kappa shape index (κ3) is 8.84. The number of aromatic nitrogens is 2. The molecular weight excluding hydrogens is 623 g/mol. The summed E-state index contributed by atoms with van der Waals surface area (Å²) in [7, 11) is -1.55. The summed E-state index contributed by atoms with van der Waals surface area (Å²) >= 11 is 1.71. The first kappa shape index (κ1) is 35.8. The fourth-order valence-electron chi connectivity index (χ4n) is 5.61. The van der Waals surface area contributed by atoms with Crippen LogP contribution < -0.4 is 11.2 Å². The van der Waals surface area contributed by atoms with Crippen LogP contribution in [0.4, 0.5) is 0 Å². The average Bonchev–Trinajstić information content (AvgIpc) is 3.38. The summed E-state index contributed by atoms with van der Waals surface area (Å²) in [6.45, 7) is 9.99.